The summed E-state index contributed by atoms with van der Waals surface area (Å²) in [5.41, 5.74) is 2.11. The minimum absolute atomic E-state index is 0.756. The highest BCUT2D eigenvalue weighted by Crippen LogP contribution is 2.24. The standard InChI is InChI=1S/C13H18N4/c1-10-5-4-8-17-12(10)15-13(16-17)14-9-11-6-2-3-7-11/h4-5,8,11H,2-3,6-7,9H2,1H3,(H,14,16). The van der Waals surface area contributed by atoms with Crippen LogP contribution in [0, 0.1) is 12.8 Å². The minimum atomic E-state index is 0.756. The van der Waals surface area contributed by atoms with Gasteiger partial charge >= 0.3 is 0 Å². The molecule has 0 aliphatic heterocycles. The van der Waals surface area contributed by atoms with Gasteiger partial charge in [-0.2, -0.15) is 4.98 Å². The molecule has 0 amide bonds. The third-order valence-electron chi connectivity index (χ3n) is 3.58. The summed E-state index contributed by atoms with van der Waals surface area (Å²) in [6.07, 6.45) is 7.39. The molecule has 1 saturated carbocycles. The van der Waals surface area contributed by atoms with E-state index in [1.165, 1.54) is 25.7 Å². The van der Waals surface area contributed by atoms with E-state index in [0.29, 0.717) is 0 Å². The number of pyridine rings is 1. The summed E-state index contributed by atoms with van der Waals surface area (Å²) in [4.78, 5) is 4.51. The van der Waals surface area contributed by atoms with Crippen molar-refractivity contribution in [2.24, 2.45) is 5.92 Å². The first-order valence-electron chi connectivity index (χ1n) is 6.39. The zero-order valence-corrected chi connectivity index (χ0v) is 10.2. The molecule has 4 heteroatoms. The molecule has 1 fully saturated rings. The second-order valence-corrected chi connectivity index (χ2v) is 4.93. The fourth-order valence-electron chi connectivity index (χ4n) is 2.56. The molecule has 90 valence electrons. The van der Waals surface area contributed by atoms with Gasteiger partial charge in [-0.15, -0.1) is 5.10 Å². The van der Waals surface area contributed by atoms with E-state index in [4.69, 9.17) is 0 Å². The van der Waals surface area contributed by atoms with E-state index < -0.39 is 0 Å². The van der Waals surface area contributed by atoms with Crippen LogP contribution >= 0.6 is 0 Å². The lowest BCUT2D eigenvalue weighted by Crippen LogP contribution is -2.11. The Labute approximate surface area is 101 Å². The van der Waals surface area contributed by atoms with Crippen molar-refractivity contribution in [1.29, 1.82) is 0 Å². The summed E-state index contributed by atoms with van der Waals surface area (Å²) in [7, 11) is 0. The molecule has 2 heterocycles. The van der Waals surface area contributed by atoms with Crippen molar-refractivity contribution in [1.82, 2.24) is 14.6 Å². The van der Waals surface area contributed by atoms with Crippen LogP contribution in [0.3, 0.4) is 0 Å². The van der Waals surface area contributed by atoms with Crippen LogP contribution in [0.2, 0.25) is 0 Å². The molecule has 1 N–H and O–H groups in total. The number of rotatable bonds is 3. The lowest BCUT2D eigenvalue weighted by atomic mass is 10.1. The SMILES string of the molecule is Cc1cccn2nc(NCC3CCCC3)nc12. The van der Waals surface area contributed by atoms with Crippen LogP contribution in [0.5, 0.6) is 0 Å². The highest BCUT2D eigenvalue weighted by atomic mass is 15.3. The van der Waals surface area contributed by atoms with E-state index in [9.17, 15) is 0 Å². The number of nitrogens with one attached hydrogen (secondary N) is 1. The fraction of sp³-hybridized carbons (Fsp3) is 0.538. The van der Waals surface area contributed by atoms with Crippen molar-refractivity contribution in [2.45, 2.75) is 32.6 Å². The Balaban J connectivity index is 1.74. The molecule has 0 bridgehead atoms. The number of hydrogen-bond donors (Lipinski definition) is 1. The van der Waals surface area contributed by atoms with Crippen LogP contribution in [-0.4, -0.2) is 21.1 Å². The van der Waals surface area contributed by atoms with Gasteiger partial charge < -0.3 is 5.32 Å². The molecule has 0 aromatic carbocycles. The monoisotopic (exact) mass is 230 g/mol. The second kappa shape index (κ2) is 4.35. The summed E-state index contributed by atoms with van der Waals surface area (Å²) >= 11 is 0. The third-order valence-corrected chi connectivity index (χ3v) is 3.58. The quantitative estimate of drug-likeness (QED) is 0.881. The number of anilines is 1. The van der Waals surface area contributed by atoms with Crippen LogP contribution in [0.25, 0.3) is 5.65 Å². The summed E-state index contributed by atoms with van der Waals surface area (Å²) in [6, 6.07) is 4.06. The van der Waals surface area contributed by atoms with Gasteiger partial charge in [0.05, 0.1) is 0 Å². The van der Waals surface area contributed by atoms with Crippen molar-refractivity contribution in [3.8, 4) is 0 Å². The van der Waals surface area contributed by atoms with Gasteiger partial charge in [-0.25, -0.2) is 4.52 Å². The number of aromatic nitrogens is 3. The van der Waals surface area contributed by atoms with Gasteiger partial charge in [-0.3, -0.25) is 0 Å². The van der Waals surface area contributed by atoms with Crippen LogP contribution in [0.1, 0.15) is 31.2 Å². The smallest absolute Gasteiger partial charge is 0.243 e. The van der Waals surface area contributed by atoms with Crippen molar-refractivity contribution in [2.75, 3.05) is 11.9 Å². The van der Waals surface area contributed by atoms with Gasteiger partial charge in [-0.1, -0.05) is 18.9 Å². The van der Waals surface area contributed by atoms with Gasteiger partial charge in [0.25, 0.3) is 0 Å². The summed E-state index contributed by atoms with van der Waals surface area (Å²) in [5, 5.41) is 7.79. The van der Waals surface area contributed by atoms with E-state index in [-0.39, 0.29) is 0 Å². The number of hydrogen-bond acceptors (Lipinski definition) is 3. The normalized spacial score (nSPS) is 16.8. The van der Waals surface area contributed by atoms with Crippen LogP contribution in [-0.2, 0) is 0 Å². The Morgan fingerprint density at radius 3 is 3.00 bits per heavy atom. The number of aryl methyl sites for hydroxylation is 1. The molecular weight excluding hydrogens is 212 g/mol. The summed E-state index contributed by atoms with van der Waals surface area (Å²) < 4.78 is 1.84. The largest absolute Gasteiger partial charge is 0.353 e. The molecule has 1 aliphatic rings. The van der Waals surface area contributed by atoms with Crippen molar-refractivity contribution < 1.29 is 0 Å². The highest BCUT2D eigenvalue weighted by molar-refractivity contribution is 5.49. The Kier molecular flexibility index (Phi) is 2.71. The molecule has 17 heavy (non-hydrogen) atoms. The molecule has 3 rings (SSSR count). The Bertz CT molecular complexity index is 511. The topological polar surface area (TPSA) is 42.2 Å². The predicted octanol–water partition coefficient (Wildman–Crippen LogP) is 2.64. The zero-order chi connectivity index (χ0) is 11.7. The molecule has 0 saturated heterocycles. The fourth-order valence-corrected chi connectivity index (χ4v) is 2.56. The first-order valence-corrected chi connectivity index (χ1v) is 6.39. The molecular formula is C13H18N4. The molecule has 0 unspecified atom stereocenters. The van der Waals surface area contributed by atoms with Crippen LogP contribution in [0.15, 0.2) is 18.3 Å². The van der Waals surface area contributed by atoms with E-state index in [1.54, 1.807) is 0 Å². The number of fused-ring (bicyclic) bond motifs is 1. The Hall–Kier alpha value is -1.58. The minimum Gasteiger partial charge on any atom is -0.353 e. The average molecular weight is 230 g/mol. The second-order valence-electron chi connectivity index (χ2n) is 4.93. The zero-order valence-electron chi connectivity index (χ0n) is 10.2. The molecule has 4 nitrogen and oxygen atoms in total. The van der Waals surface area contributed by atoms with Gasteiger partial charge in [0.1, 0.15) is 0 Å². The van der Waals surface area contributed by atoms with Crippen molar-refractivity contribution >= 4 is 11.6 Å². The summed E-state index contributed by atoms with van der Waals surface area (Å²) in [5.74, 6) is 1.56. The summed E-state index contributed by atoms with van der Waals surface area (Å²) in [6.45, 7) is 3.07. The predicted molar refractivity (Wildman–Crippen MR) is 68.2 cm³/mol. The first kappa shape index (κ1) is 10.6. The van der Waals surface area contributed by atoms with Gasteiger partial charge in [0.2, 0.25) is 5.95 Å². The molecule has 0 spiro atoms. The van der Waals surface area contributed by atoms with E-state index in [1.807, 2.05) is 16.8 Å². The molecule has 2 aromatic heterocycles. The van der Waals surface area contributed by atoms with Gasteiger partial charge in [0, 0.05) is 12.7 Å². The van der Waals surface area contributed by atoms with Crippen LogP contribution < -0.4 is 5.32 Å². The van der Waals surface area contributed by atoms with E-state index in [2.05, 4.69) is 28.4 Å². The first-order chi connectivity index (χ1) is 8.33. The Morgan fingerprint density at radius 2 is 2.24 bits per heavy atom. The lowest BCUT2D eigenvalue weighted by molar-refractivity contribution is 0.577. The molecule has 0 atom stereocenters. The van der Waals surface area contributed by atoms with Crippen molar-refractivity contribution in [3.05, 3.63) is 23.9 Å². The maximum Gasteiger partial charge on any atom is 0.243 e. The van der Waals surface area contributed by atoms with Gasteiger partial charge in [-0.05, 0) is 37.3 Å². The maximum absolute atomic E-state index is 4.51. The highest BCUT2D eigenvalue weighted by Gasteiger charge is 2.15. The van der Waals surface area contributed by atoms with E-state index in [0.717, 1.165) is 29.6 Å². The maximum atomic E-state index is 4.51. The molecule has 0 radical (unpaired) electrons. The lowest BCUT2D eigenvalue weighted by Gasteiger charge is -2.07. The number of nitrogens with zero attached hydrogens (tertiary/aromatic N) is 3. The van der Waals surface area contributed by atoms with Gasteiger partial charge in [0.15, 0.2) is 5.65 Å². The average Bonchev–Trinajstić information content (AvgIpc) is 2.95. The Morgan fingerprint density at radius 1 is 1.41 bits per heavy atom. The third kappa shape index (κ3) is 2.12. The van der Waals surface area contributed by atoms with Crippen molar-refractivity contribution in [3.63, 3.8) is 0 Å². The van der Waals surface area contributed by atoms with E-state index >= 15 is 0 Å². The molecule has 2 aromatic rings. The van der Waals surface area contributed by atoms with Crippen LogP contribution in [0.4, 0.5) is 5.95 Å². The molecule has 1 aliphatic carbocycles.